The molecule has 18 heavy (non-hydrogen) atoms. The van der Waals surface area contributed by atoms with Crippen LogP contribution in [0, 0.1) is 0 Å². The lowest BCUT2D eigenvalue weighted by Crippen LogP contribution is -2.36. The van der Waals surface area contributed by atoms with Gasteiger partial charge in [0.2, 0.25) is 0 Å². The van der Waals surface area contributed by atoms with Gasteiger partial charge in [0.05, 0.1) is 12.6 Å². The standard InChI is InChI=1S/C16H31NO/c1-3-12-17-16(14-18-13-4-2)15-10-8-6-5-7-9-11-15/h10,16-17H,3-9,11-14H2,1-2H3. The summed E-state index contributed by atoms with van der Waals surface area (Å²) in [6.07, 6.45) is 12.8. The Balaban J connectivity index is 2.48. The van der Waals surface area contributed by atoms with E-state index in [9.17, 15) is 0 Å². The molecule has 0 saturated heterocycles. The van der Waals surface area contributed by atoms with E-state index in [-0.39, 0.29) is 0 Å². The van der Waals surface area contributed by atoms with E-state index in [0.29, 0.717) is 6.04 Å². The summed E-state index contributed by atoms with van der Waals surface area (Å²) < 4.78 is 5.76. The molecule has 1 rings (SSSR count). The monoisotopic (exact) mass is 253 g/mol. The first kappa shape index (κ1) is 15.7. The third kappa shape index (κ3) is 6.55. The summed E-state index contributed by atoms with van der Waals surface area (Å²) in [5.74, 6) is 0. The van der Waals surface area contributed by atoms with Crippen molar-refractivity contribution in [3.63, 3.8) is 0 Å². The smallest absolute Gasteiger partial charge is 0.0658 e. The first-order valence-corrected chi connectivity index (χ1v) is 7.88. The van der Waals surface area contributed by atoms with E-state index in [1.165, 1.54) is 44.9 Å². The first-order valence-electron chi connectivity index (χ1n) is 7.88. The van der Waals surface area contributed by atoms with Crippen molar-refractivity contribution in [2.75, 3.05) is 19.8 Å². The maximum Gasteiger partial charge on any atom is 0.0658 e. The maximum absolute atomic E-state index is 5.76. The molecule has 0 radical (unpaired) electrons. The zero-order valence-corrected chi connectivity index (χ0v) is 12.3. The molecule has 1 aliphatic carbocycles. The van der Waals surface area contributed by atoms with Gasteiger partial charge in [0.15, 0.2) is 0 Å². The van der Waals surface area contributed by atoms with E-state index in [1.807, 2.05) is 0 Å². The average Bonchev–Trinajstić information content (AvgIpc) is 2.34. The van der Waals surface area contributed by atoms with Gasteiger partial charge in [0, 0.05) is 6.61 Å². The van der Waals surface area contributed by atoms with E-state index in [1.54, 1.807) is 5.57 Å². The minimum absolute atomic E-state index is 0.453. The van der Waals surface area contributed by atoms with Gasteiger partial charge in [0.25, 0.3) is 0 Å². The molecule has 1 unspecified atom stereocenters. The Bertz CT molecular complexity index is 225. The number of hydrogen-bond donors (Lipinski definition) is 1. The quantitative estimate of drug-likeness (QED) is 0.520. The van der Waals surface area contributed by atoms with Gasteiger partial charge in [-0.05, 0) is 45.1 Å². The maximum atomic E-state index is 5.76. The van der Waals surface area contributed by atoms with E-state index >= 15 is 0 Å². The van der Waals surface area contributed by atoms with Gasteiger partial charge in [0.1, 0.15) is 0 Å². The summed E-state index contributed by atoms with van der Waals surface area (Å²) in [6.45, 7) is 7.22. The van der Waals surface area contributed by atoms with Crippen LogP contribution in [-0.2, 0) is 4.74 Å². The highest BCUT2D eigenvalue weighted by Gasteiger charge is 2.14. The second-order valence-corrected chi connectivity index (χ2v) is 5.31. The van der Waals surface area contributed by atoms with Crippen molar-refractivity contribution in [1.82, 2.24) is 5.32 Å². The summed E-state index contributed by atoms with van der Waals surface area (Å²) in [5, 5.41) is 3.65. The fraction of sp³-hybridized carbons (Fsp3) is 0.875. The molecule has 0 aromatic carbocycles. The van der Waals surface area contributed by atoms with Crippen LogP contribution >= 0.6 is 0 Å². The molecular formula is C16H31NO. The zero-order chi connectivity index (χ0) is 13.1. The number of ether oxygens (including phenoxy) is 1. The molecule has 2 nitrogen and oxygen atoms in total. The Morgan fingerprint density at radius 3 is 2.78 bits per heavy atom. The lowest BCUT2D eigenvalue weighted by molar-refractivity contribution is 0.119. The Morgan fingerprint density at radius 2 is 2.00 bits per heavy atom. The third-order valence-electron chi connectivity index (χ3n) is 3.55. The topological polar surface area (TPSA) is 21.3 Å². The van der Waals surface area contributed by atoms with E-state index in [2.05, 4.69) is 25.2 Å². The van der Waals surface area contributed by atoms with E-state index in [4.69, 9.17) is 4.74 Å². The number of allylic oxidation sites excluding steroid dienone is 1. The molecule has 1 atom stereocenters. The SMILES string of the molecule is CCCNC(COCCC)C1=CCCCCCC1. The molecule has 0 aliphatic heterocycles. The van der Waals surface area contributed by atoms with Crippen LogP contribution in [0.5, 0.6) is 0 Å². The van der Waals surface area contributed by atoms with Gasteiger partial charge < -0.3 is 10.1 Å². The lowest BCUT2D eigenvalue weighted by Gasteiger charge is -2.23. The van der Waals surface area contributed by atoms with E-state index in [0.717, 1.165) is 26.2 Å². The van der Waals surface area contributed by atoms with Crippen molar-refractivity contribution >= 4 is 0 Å². The summed E-state index contributed by atoms with van der Waals surface area (Å²) in [4.78, 5) is 0. The summed E-state index contributed by atoms with van der Waals surface area (Å²) >= 11 is 0. The van der Waals surface area contributed by atoms with Crippen molar-refractivity contribution in [3.8, 4) is 0 Å². The van der Waals surface area contributed by atoms with Gasteiger partial charge >= 0.3 is 0 Å². The molecule has 2 heteroatoms. The fourth-order valence-corrected chi connectivity index (χ4v) is 2.49. The van der Waals surface area contributed by atoms with Crippen molar-refractivity contribution in [1.29, 1.82) is 0 Å². The Morgan fingerprint density at radius 1 is 1.17 bits per heavy atom. The van der Waals surface area contributed by atoms with Crippen LogP contribution in [-0.4, -0.2) is 25.8 Å². The zero-order valence-electron chi connectivity index (χ0n) is 12.3. The van der Waals surface area contributed by atoms with Gasteiger partial charge in [-0.15, -0.1) is 0 Å². The van der Waals surface area contributed by atoms with Crippen molar-refractivity contribution in [3.05, 3.63) is 11.6 Å². The fourth-order valence-electron chi connectivity index (χ4n) is 2.49. The molecule has 1 aliphatic rings. The van der Waals surface area contributed by atoms with Crippen LogP contribution in [0.15, 0.2) is 11.6 Å². The molecular weight excluding hydrogens is 222 g/mol. The van der Waals surface area contributed by atoms with Crippen LogP contribution in [0.25, 0.3) is 0 Å². The predicted molar refractivity (Wildman–Crippen MR) is 79.0 cm³/mol. The highest BCUT2D eigenvalue weighted by atomic mass is 16.5. The van der Waals surface area contributed by atoms with Gasteiger partial charge in [-0.25, -0.2) is 0 Å². The highest BCUT2D eigenvalue weighted by molar-refractivity contribution is 5.12. The summed E-state index contributed by atoms with van der Waals surface area (Å²) in [7, 11) is 0. The molecule has 106 valence electrons. The lowest BCUT2D eigenvalue weighted by atomic mass is 9.95. The van der Waals surface area contributed by atoms with Gasteiger partial charge in [-0.2, -0.15) is 0 Å². The van der Waals surface area contributed by atoms with Crippen LogP contribution < -0.4 is 5.32 Å². The molecule has 0 bridgehead atoms. The molecule has 0 spiro atoms. The normalized spacial score (nSPS) is 18.9. The Kier molecular flexibility index (Phi) is 9.23. The molecule has 0 aromatic rings. The average molecular weight is 253 g/mol. The van der Waals surface area contributed by atoms with Crippen molar-refractivity contribution < 1.29 is 4.74 Å². The molecule has 0 fully saturated rings. The van der Waals surface area contributed by atoms with Gasteiger partial charge in [-0.3, -0.25) is 0 Å². The second-order valence-electron chi connectivity index (χ2n) is 5.31. The molecule has 0 aromatic heterocycles. The number of rotatable bonds is 8. The molecule has 0 saturated carbocycles. The van der Waals surface area contributed by atoms with Gasteiger partial charge in [-0.1, -0.05) is 38.3 Å². The van der Waals surface area contributed by atoms with Crippen molar-refractivity contribution in [2.45, 2.75) is 71.3 Å². The molecule has 0 heterocycles. The van der Waals surface area contributed by atoms with Crippen LogP contribution in [0.4, 0.5) is 0 Å². The highest BCUT2D eigenvalue weighted by Crippen LogP contribution is 2.20. The van der Waals surface area contributed by atoms with E-state index < -0.39 is 0 Å². The number of nitrogens with one attached hydrogen (secondary N) is 1. The second kappa shape index (κ2) is 10.6. The predicted octanol–water partition coefficient (Wildman–Crippen LogP) is 4.06. The Hall–Kier alpha value is -0.340. The Labute approximate surface area is 113 Å². The third-order valence-corrected chi connectivity index (χ3v) is 3.55. The molecule has 0 amide bonds. The first-order chi connectivity index (χ1) is 8.88. The summed E-state index contributed by atoms with van der Waals surface area (Å²) in [5.41, 5.74) is 1.60. The van der Waals surface area contributed by atoms with Crippen LogP contribution in [0.1, 0.15) is 65.2 Å². The minimum Gasteiger partial charge on any atom is -0.379 e. The summed E-state index contributed by atoms with van der Waals surface area (Å²) in [6, 6.07) is 0.453. The number of hydrogen-bond acceptors (Lipinski definition) is 2. The largest absolute Gasteiger partial charge is 0.379 e. The van der Waals surface area contributed by atoms with Crippen LogP contribution in [0.2, 0.25) is 0 Å². The van der Waals surface area contributed by atoms with Crippen LogP contribution in [0.3, 0.4) is 0 Å². The molecule has 1 N–H and O–H groups in total. The minimum atomic E-state index is 0.453. The van der Waals surface area contributed by atoms with Crippen molar-refractivity contribution in [2.24, 2.45) is 0 Å².